The number of benzene rings is 1. The van der Waals surface area contributed by atoms with Crippen LogP contribution in [0.3, 0.4) is 0 Å². The molecule has 2 aromatic rings. The number of hydrazone groups is 1. The molecule has 0 saturated carbocycles. The minimum absolute atomic E-state index is 0.237. The smallest absolute Gasteiger partial charge is 0.245 e. The van der Waals surface area contributed by atoms with Crippen molar-refractivity contribution in [1.82, 2.24) is 5.43 Å². The Morgan fingerprint density at radius 3 is 2.60 bits per heavy atom. The summed E-state index contributed by atoms with van der Waals surface area (Å²) in [5.74, 6) is -1.78. The van der Waals surface area contributed by atoms with E-state index in [-0.39, 0.29) is 12.3 Å². The Hall–Kier alpha value is -2.54. The average Bonchev–Trinajstić information content (AvgIpc) is 2.88. The number of carbonyl (C=O) groups is 1. The molecule has 2 rings (SSSR count). The van der Waals surface area contributed by atoms with Gasteiger partial charge in [-0.25, -0.2) is 5.43 Å². The number of nitrogens with zero attached hydrogens (tertiary/aromatic N) is 1. The van der Waals surface area contributed by atoms with Crippen LogP contribution < -0.4 is 5.43 Å². The van der Waals surface area contributed by atoms with E-state index in [0.29, 0.717) is 5.56 Å². The highest BCUT2D eigenvalue weighted by molar-refractivity contribution is 7.10. The monoisotopic (exact) mass is 292 g/mol. The van der Waals surface area contributed by atoms with Crippen molar-refractivity contribution in [1.29, 1.82) is 0 Å². The Labute approximate surface area is 118 Å². The molecule has 0 spiro atoms. The van der Waals surface area contributed by atoms with E-state index in [1.807, 2.05) is 17.5 Å². The minimum Gasteiger partial charge on any atom is -0.504 e. The standard InChI is InChI=1S/C13H12N2O4S/c16-10-4-8(5-11(17)13(10)19)7-14-15-12(18)6-9-2-1-3-20-9/h1-5,7,16-17,19H,6H2,(H,15,18)/b14-7+. The van der Waals surface area contributed by atoms with Crippen molar-refractivity contribution in [2.24, 2.45) is 5.10 Å². The first-order valence-corrected chi connectivity index (χ1v) is 6.53. The highest BCUT2D eigenvalue weighted by Crippen LogP contribution is 2.34. The van der Waals surface area contributed by atoms with Gasteiger partial charge in [0.1, 0.15) is 0 Å². The maximum absolute atomic E-state index is 11.5. The molecule has 0 aliphatic carbocycles. The van der Waals surface area contributed by atoms with Crippen LogP contribution in [0, 0.1) is 0 Å². The molecule has 4 N–H and O–H groups in total. The lowest BCUT2D eigenvalue weighted by atomic mass is 10.2. The van der Waals surface area contributed by atoms with Crippen LogP contribution in [0.5, 0.6) is 17.2 Å². The lowest BCUT2D eigenvalue weighted by Crippen LogP contribution is -2.19. The van der Waals surface area contributed by atoms with Crippen molar-refractivity contribution in [3.05, 3.63) is 40.1 Å². The van der Waals surface area contributed by atoms with Crippen molar-refractivity contribution in [2.75, 3.05) is 0 Å². The van der Waals surface area contributed by atoms with Crippen LogP contribution >= 0.6 is 11.3 Å². The molecule has 1 aromatic carbocycles. The largest absolute Gasteiger partial charge is 0.504 e. The van der Waals surface area contributed by atoms with Crippen molar-refractivity contribution in [2.45, 2.75) is 6.42 Å². The van der Waals surface area contributed by atoms with Gasteiger partial charge in [0.15, 0.2) is 17.2 Å². The van der Waals surface area contributed by atoms with Crippen LogP contribution in [0.15, 0.2) is 34.7 Å². The fourth-order valence-electron chi connectivity index (χ4n) is 1.49. The molecule has 1 aromatic heterocycles. The summed E-state index contributed by atoms with van der Waals surface area (Å²) in [7, 11) is 0. The molecule has 0 saturated heterocycles. The third kappa shape index (κ3) is 3.48. The normalized spacial score (nSPS) is 10.8. The molecule has 1 heterocycles. The van der Waals surface area contributed by atoms with Gasteiger partial charge in [-0.1, -0.05) is 6.07 Å². The van der Waals surface area contributed by atoms with Gasteiger partial charge in [0, 0.05) is 10.4 Å². The lowest BCUT2D eigenvalue weighted by Gasteiger charge is -2.02. The number of amides is 1. The van der Waals surface area contributed by atoms with E-state index in [4.69, 9.17) is 0 Å². The van der Waals surface area contributed by atoms with Crippen molar-refractivity contribution in [3.8, 4) is 17.2 Å². The first-order valence-electron chi connectivity index (χ1n) is 5.65. The van der Waals surface area contributed by atoms with E-state index in [1.54, 1.807) is 0 Å². The average molecular weight is 292 g/mol. The Balaban J connectivity index is 1.95. The zero-order chi connectivity index (χ0) is 14.5. The van der Waals surface area contributed by atoms with Crippen LogP contribution in [0.1, 0.15) is 10.4 Å². The molecule has 0 unspecified atom stereocenters. The summed E-state index contributed by atoms with van der Waals surface area (Å²) in [4.78, 5) is 12.5. The predicted octanol–water partition coefficient (Wildman–Crippen LogP) is 1.56. The second-order valence-electron chi connectivity index (χ2n) is 3.96. The van der Waals surface area contributed by atoms with E-state index in [1.165, 1.54) is 29.7 Å². The third-order valence-corrected chi connectivity index (χ3v) is 3.29. The molecule has 0 radical (unpaired) electrons. The SMILES string of the molecule is O=C(Cc1cccs1)N/N=C/c1cc(O)c(O)c(O)c1. The fourth-order valence-corrected chi connectivity index (χ4v) is 2.19. The number of hydrogen-bond acceptors (Lipinski definition) is 6. The number of phenolic OH excluding ortho intramolecular Hbond substituents is 3. The lowest BCUT2D eigenvalue weighted by molar-refractivity contribution is -0.120. The van der Waals surface area contributed by atoms with Crippen molar-refractivity contribution in [3.63, 3.8) is 0 Å². The summed E-state index contributed by atoms with van der Waals surface area (Å²) >= 11 is 1.48. The van der Waals surface area contributed by atoms with Gasteiger partial charge in [-0.05, 0) is 23.6 Å². The van der Waals surface area contributed by atoms with Gasteiger partial charge in [-0.2, -0.15) is 5.10 Å². The van der Waals surface area contributed by atoms with E-state index < -0.39 is 17.2 Å². The number of nitrogens with one attached hydrogen (secondary N) is 1. The van der Waals surface area contributed by atoms with E-state index in [9.17, 15) is 20.1 Å². The molecule has 7 heteroatoms. The molecule has 0 atom stereocenters. The molecule has 20 heavy (non-hydrogen) atoms. The summed E-state index contributed by atoms with van der Waals surface area (Å²) in [5, 5.41) is 33.4. The summed E-state index contributed by atoms with van der Waals surface area (Å²) < 4.78 is 0. The Morgan fingerprint density at radius 2 is 2.00 bits per heavy atom. The Bertz CT molecular complexity index is 615. The molecule has 0 bridgehead atoms. The fraction of sp³-hybridized carbons (Fsp3) is 0.0769. The zero-order valence-electron chi connectivity index (χ0n) is 10.3. The van der Waals surface area contributed by atoms with E-state index in [0.717, 1.165) is 4.88 Å². The number of carbonyl (C=O) groups excluding carboxylic acids is 1. The second-order valence-corrected chi connectivity index (χ2v) is 4.99. The van der Waals surface area contributed by atoms with E-state index >= 15 is 0 Å². The van der Waals surface area contributed by atoms with Gasteiger partial charge in [0.25, 0.3) is 0 Å². The molecular formula is C13H12N2O4S. The molecule has 104 valence electrons. The van der Waals surface area contributed by atoms with Crippen LogP contribution in [-0.4, -0.2) is 27.4 Å². The number of phenols is 3. The molecule has 0 aliphatic rings. The summed E-state index contributed by atoms with van der Waals surface area (Å²) in [5.41, 5.74) is 2.68. The van der Waals surface area contributed by atoms with Gasteiger partial charge in [-0.15, -0.1) is 11.3 Å². The van der Waals surface area contributed by atoms with Crippen LogP contribution in [-0.2, 0) is 11.2 Å². The Morgan fingerprint density at radius 1 is 1.30 bits per heavy atom. The van der Waals surface area contributed by atoms with Gasteiger partial charge >= 0.3 is 0 Å². The van der Waals surface area contributed by atoms with Crippen LogP contribution in [0.25, 0.3) is 0 Å². The number of rotatable bonds is 4. The first-order chi connectivity index (χ1) is 9.56. The molecule has 1 amide bonds. The topological polar surface area (TPSA) is 102 Å². The summed E-state index contributed by atoms with van der Waals surface area (Å²) in [6.07, 6.45) is 1.49. The number of hydrogen-bond donors (Lipinski definition) is 4. The molecule has 0 aliphatic heterocycles. The maximum atomic E-state index is 11.5. The van der Waals surface area contributed by atoms with Crippen molar-refractivity contribution >= 4 is 23.5 Å². The summed E-state index contributed by atoms with van der Waals surface area (Å²) in [6, 6.07) is 6.14. The quantitative estimate of drug-likeness (QED) is 0.390. The van der Waals surface area contributed by atoms with Gasteiger partial charge in [-0.3, -0.25) is 4.79 Å². The third-order valence-electron chi connectivity index (χ3n) is 2.41. The number of aromatic hydroxyl groups is 3. The highest BCUT2D eigenvalue weighted by Gasteiger charge is 2.07. The van der Waals surface area contributed by atoms with Crippen molar-refractivity contribution < 1.29 is 20.1 Å². The minimum atomic E-state index is -0.594. The summed E-state index contributed by atoms with van der Waals surface area (Å²) in [6.45, 7) is 0. The second kappa shape index (κ2) is 6.07. The van der Waals surface area contributed by atoms with Gasteiger partial charge < -0.3 is 15.3 Å². The van der Waals surface area contributed by atoms with Crippen LogP contribution in [0.4, 0.5) is 0 Å². The maximum Gasteiger partial charge on any atom is 0.245 e. The molecule has 0 fully saturated rings. The molecule has 6 nitrogen and oxygen atoms in total. The van der Waals surface area contributed by atoms with Crippen LogP contribution in [0.2, 0.25) is 0 Å². The van der Waals surface area contributed by atoms with Gasteiger partial charge in [0.05, 0.1) is 12.6 Å². The molecular weight excluding hydrogens is 280 g/mol. The first kappa shape index (κ1) is 13.9. The number of thiophene rings is 1. The van der Waals surface area contributed by atoms with E-state index in [2.05, 4.69) is 10.5 Å². The zero-order valence-corrected chi connectivity index (χ0v) is 11.1. The predicted molar refractivity (Wildman–Crippen MR) is 75.2 cm³/mol. The highest BCUT2D eigenvalue weighted by atomic mass is 32.1. The van der Waals surface area contributed by atoms with Gasteiger partial charge in [0.2, 0.25) is 5.91 Å². The Kier molecular flexibility index (Phi) is 4.21.